The van der Waals surface area contributed by atoms with Gasteiger partial charge in [-0.2, -0.15) is 0 Å². The molecule has 7 nitrogen and oxygen atoms in total. The van der Waals surface area contributed by atoms with Gasteiger partial charge in [0.05, 0.1) is 13.7 Å². The number of guanidine groups is 1. The molecule has 7 heteroatoms. The maximum atomic E-state index is 11.9. The first kappa shape index (κ1) is 22.8. The van der Waals surface area contributed by atoms with Crippen LogP contribution >= 0.6 is 0 Å². The third-order valence-corrected chi connectivity index (χ3v) is 4.95. The first-order valence-electron chi connectivity index (χ1n) is 10.7. The summed E-state index contributed by atoms with van der Waals surface area (Å²) in [5.41, 5.74) is 1.21. The zero-order valence-electron chi connectivity index (χ0n) is 18.3. The molecule has 0 saturated carbocycles. The van der Waals surface area contributed by atoms with Gasteiger partial charge < -0.3 is 25.0 Å². The number of carbonyl (C=O) groups is 1. The molecule has 2 N–H and O–H groups in total. The summed E-state index contributed by atoms with van der Waals surface area (Å²) in [6, 6.07) is 6.34. The Morgan fingerprint density at radius 3 is 2.79 bits per heavy atom. The van der Waals surface area contributed by atoms with E-state index in [0.717, 1.165) is 62.9 Å². The predicted molar refractivity (Wildman–Crippen MR) is 117 cm³/mol. The van der Waals surface area contributed by atoms with E-state index >= 15 is 0 Å². The first-order valence-corrected chi connectivity index (χ1v) is 10.7. The second-order valence-corrected chi connectivity index (χ2v) is 7.11. The average molecular weight is 405 g/mol. The Balaban J connectivity index is 1.85. The Bertz CT molecular complexity index is 678. The van der Waals surface area contributed by atoms with Gasteiger partial charge in [-0.3, -0.25) is 9.79 Å². The van der Waals surface area contributed by atoms with E-state index in [2.05, 4.69) is 23.6 Å². The fourth-order valence-electron chi connectivity index (χ4n) is 3.46. The molecule has 0 aliphatic carbocycles. The van der Waals surface area contributed by atoms with Crippen LogP contribution in [0, 0.1) is 0 Å². The van der Waals surface area contributed by atoms with E-state index in [0.29, 0.717) is 13.0 Å². The van der Waals surface area contributed by atoms with Crippen LogP contribution in [-0.2, 0) is 11.2 Å². The fraction of sp³-hybridized carbons (Fsp3) is 0.636. The number of aryl methyl sites for hydroxylation is 1. The van der Waals surface area contributed by atoms with Crippen LogP contribution < -0.4 is 20.1 Å². The number of nitrogens with one attached hydrogen (secondary N) is 2. The number of rotatable bonds is 10. The molecular weight excluding hydrogens is 368 g/mol. The highest BCUT2D eigenvalue weighted by atomic mass is 16.5. The number of amides is 1. The molecule has 1 heterocycles. The lowest BCUT2D eigenvalue weighted by molar-refractivity contribution is -0.129. The third kappa shape index (κ3) is 7.15. The SMILES string of the molecule is CCNC(=NCCCc1ccc(OC)c(OCC)c1)NC1CCN(C(=O)CC)C1. The van der Waals surface area contributed by atoms with Crippen molar-refractivity contribution in [3.8, 4) is 11.5 Å². The second kappa shape index (κ2) is 12.2. The van der Waals surface area contributed by atoms with Gasteiger partial charge in [-0.1, -0.05) is 13.0 Å². The maximum Gasteiger partial charge on any atom is 0.222 e. The first-order chi connectivity index (χ1) is 14.1. The minimum atomic E-state index is 0.224. The van der Waals surface area contributed by atoms with E-state index in [4.69, 9.17) is 14.5 Å². The molecule has 1 aromatic carbocycles. The second-order valence-electron chi connectivity index (χ2n) is 7.11. The molecule has 0 aromatic heterocycles. The van der Waals surface area contributed by atoms with Crippen LogP contribution in [0.4, 0.5) is 0 Å². The molecule has 0 radical (unpaired) electrons. The molecule has 29 heavy (non-hydrogen) atoms. The number of likely N-dealkylation sites (tertiary alicyclic amines) is 1. The maximum absolute atomic E-state index is 11.9. The number of aliphatic imine (C=N–C) groups is 1. The lowest BCUT2D eigenvalue weighted by Crippen LogP contribution is -2.45. The van der Waals surface area contributed by atoms with Crippen molar-refractivity contribution in [2.45, 2.75) is 52.5 Å². The van der Waals surface area contributed by atoms with Crippen LogP contribution in [0.25, 0.3) is 0 Å². The van der Waals surface area contributed by atoms with Crippen LogP contribution in [0.1, 0.15) is 45.6 Å². The van der Waals surface area contributed by atoms with Gasteiger partial charge in [0.1, 0.15) is 0 Å². The highest BCUT2D eigenvalue weighted by Gasteiger charge is 2.25. The minimum absolute atomic E-state index is 0.224. The summed E-state index contributed by atoms with van der Waals surface area (Å²) in [5.74, 6) is 2.60. The van der Waals surface area contributed by atoms with E-state index in [1.807, 2.05) is 30.9 Å². The lowest BCUT2D eigenvalue weighted by Gasteiger charge is -2.18. The van der Waals surface area contributed by atoms with Gasteiger partial charge >= 0.3 is 0 Å². The van der Waals surface area contributed by atoms with Crippen LogP contribution in [0.5, 0.6) is 11.5 Å². The quantitative estimate of drug-likeness (QED) is 0.356. The molecule has 1 atom stereocenters. The van der Waals surface area contributed by atoms with E-state index in [1.165, 1.54) is 5.56 Å². The number of benzene rings is 1. The molecule has 162 valence electrons. The summed E-state index contributed by atoms with van der Waals surface area (Å²) in [6.07, 6.45) is 3.40. The third-order valence-electron chi connectivity index (χ3n) is 4.95. The van der Waals surface area contributed by atoms with E-state index in [9.17, 15) is 4.79 Å². The summed E-state index contributed by atoms with van der Waals surface area (Å²) >= 11 is 0. The lowest BCUT2D eigenvalue weighted by atomic mass is 10.1. The van der Waals surface area contributed by atoms with Gasteiger partial charge in [0.25, 0.3) is 0 Å². The molecule has 0 bridgehead atoms. The van der Waals surface area contributed by atoms with Gasteiger partial charge in [0, 0.05) is 38.6 Å². The molecule has 1 aliphatic heterocycles. The number of nitrogens with zero attached hydrogens (tertiary/aromatic N) is 2. The monoisotopic (exact) mass is 404 g/mol. The Morgan fingerprint density at radius 2 is 2.10 bits per heavy atom. The predicted octanol–water partition coefficient (Wildman–Crippen LogP) is 2.59. The number of hydrogen-bond acceptors (Lipinski definition) is 4. The summed E-state index contributed by atoms with van der Waals surface area (Å²) < 4.78 is 11.0. The van der Waals surface area contributed by atoms with Crippen LogP contribution in [0.3, 0.4) is 0 Å². The molecule has 1 aromatic rings. The summed E-state index contributed by atoms with van der Waals surface area (Å²) in [7, 11) is 1.66. The summed E-state index contributed by atoms with van der Waals surface area (Å²) in [5, 5.41) is 6.78. The molecule has 2 rings (SSSR count). The van der Waals surface area contributed by atoms with Crippen molar-refractivity contribution in [2.75, 3.05) is 39.9 Å². The van der Waals surface area contributed by atoms with Crippen molar-refractivity contribution in [2.24, 2.45) is 4.99 Å². The Kier molecular flexibility index (Phi) is 9.60. The Morgan fingerprint density at radius 1 is 1.28 bits per heavy atom. The van der Waals surface area contributed by atoms with E-state index in [1.54, 1.807) is 7.11 Å². The molecule has 1 fully saturated rings. The highest BCUT2D eigenvalue weighted by Crippen LogP contribution is 2.28. The van der Waals surface area contributed by atoms with Crippen molar-refractivity contribution in [1.82, 2.24) is 15.5 Å². The molecule has 1 unspecified atom stereocenters. The van der Waals surface area contributed by atoms with Crippen LogP contribution in [-0.4, -0.2) is 62.7 Å². The van der Waals surface area contributed by atoms with Gasteiger partial charge in [0.2, 0.25) is 5.91 Å². The van der Waals surface area contributed by atoms with Gasteiger partial charge in [-0.15, -0.1) is 0 Å². The van der Waals surface area contributed by atoms with Crippen molar-refractivity contribution in [3.05, 3.63) is 23.8 Å². The standard InChI is InChI=1S/C22H36N4O3/c1-5-21(27)26-14-12-18(16-26)25-22(23-6-2)24-13-8-9-17-10-11-19(28-4)20(15-17)29-7-3/h10-11,15,18H,5-9,12-14,16H2,1-4H3,(H2,23,24,25). The topological polar surface area (TPSA) is 75.2 Å². The van der Waals surface area contributed by atoms with E-state index < -0.39 is 0 Å². The zero-order chi connectivity index (χ0) is 21.1. The van der Waals surface area contributed by atoms with Crippen molar-refractivity contribution in [3.63, 3.8) is 0 Å². The summed E-state index contributed by atoms with van der Waals surface area (Å²) in [6.45, 7) is 9.68. The normalized spacial score (nSPS) is 16.6. The molecule has 1 saturated heterocycles. The van der Waals surface area contributed by atoms with Crippen LogP contribution in [0.2, 0.25) is 0 Å². The smallest absolute Gasteiger partial charge is 0.222 e. The minimum Gasteiger partial charge on any atom is -0.493 e. The van der Waals surface area contributed by atoms with Gasteiger partial charge in [-0.05, 0) is 50.8 Å². The molecule has 0 spiro atoms. The molecule has 1 aliphatic rings. The number of carbonyl (C=O) groups excluding carboxylic acids is 1. The number of ether oxygens (including phenoxy) is 2. The highest BCUT2D eigenvalue weighted by molar-refractivity contribution is 5.80. The fourth-order valence-corrected chi connectivity index (χ4v) is 3.46. The Labute approximate surface area is 174 Å². The molecule has 1 amide bonds. The Hall–Kier alpha value is -2.44. The number of hydrogen-bond donors (Lipinski definition) is 2. The van der Waals surface area contributed by atoms with E-state index in [-0.39, 0.29) is 11.9 Å². The van der Waals surface area contributed by atoms with Gasteiger partial charge in [-0.25, -0.2) is 0 Å². The van der Waals surface area contributed by atoms with Gasteiger partial charge in [0.15, 0.2) is 17.5 Å². The largest absolute Gasteiger partial charge is 0.493 e. The van der Waals surface area contributed by atoms with Crippen LogP contribution in [0.15, 0.2) is 23.2 Å². The molecular formula is C22H36N4O3. The van der Waals surface area contributed by atoms with Crippen molar-refractivity contribution >= 4 is 11.9 Å². The van der Waals surface area contributed by atoms with Crippen molar-refractivity contribution in [1.29, 1.82) is 0 Å². The summed E-state index contributed by atoms with van der Waals surface area (Å²) in [4.78, 5) is 18.5. The number of methoxy groups -OCH3 is 1. The van der Waals surface area contributed by atoms with Crippen molar-refractivity contribution < 1.29 is 14.3 Å². The average Bonchev–Trinajstić information content (AvgIpc) is 3.19. The zero-order valence-corrected chi connectivity index (χ0v) is 18.3.